The van der Waals surface area contributed by atoms with Gasteiger partial charge in [0.1, 0.15) is 22.9 Å². The fraction of sp³-hybridized carbons (Fsp3) is 0.333. The summed E-state index contributed by atoms with van der Waals surface area (Å²) in [5.41, 5.74) is 0.00681. The quantitative estimate of drug-likeness (QED) is 0.706. The standard InChI is InChI=1S/C15H17N5O4/c1-7-5-9(8(2)24-7)13(21)16-6-10-17-11-12(18-10)19(3)15(23)20(4)14(11)22/h5H,6H2,1-4H3,(H,16,21)(H,17,18). The number of hydrogen-bond donors (Lipinski definition) is 2. The molecule has 0 aromatic carbocycles. The van der Waals surface area contributed by atoms with Gasteiger partial charge in [-0.1, -0.05) is 0 Å². The van der Waals surface area contributed by atoms with Gasteiger partial charge in [0.15, 0.2) is 5.65 Å². The number of furan rings is 1. The average Bonchev–Trinajstić information content (AvgIpc) is 3.12. The number of rotatable bonds is 3. The lowest BCUT2D eigenvalue weighted by Crippen LogP contribution is -2.36. The van der Waals surface area contributed by atoms with Crippen LogP contribution in [0.5, 0.6) is 0 Å². The Labute approximate surface area is 135 Å². The first-order valence-corrected chi connectivity index (χ1v) is 7.29. The predicted molar refractivity (Wildman–Crippen MR) is 85.9 cm³/mol. The minimum atomic E-state index is -0.459. The molecule has 9 heteroatoms. The Bertz CT molecular complexity index is 1070. The van der Waals surface area contributed by atoms with E-state index in [-0.39, 0.29) is 23.6 Å². The van der Waals surface area contributed by atoms with Gasteiger partial charge in [-0.05, 0) is 19.9 Å². The van der Waals surface area contributed by atoms with Gasteiger partial charge in [-0.3, -0.25) is 18.7 Å². The normalized spacial score (nSPS) is 11.2. The van der Waals surface area contributed by atoms with Crippen molar-refractivity contribution in [1.29, 1.82) is 0 Å². The van der Waals surface area contributed by atoms with Crippen LogP contribution in [-0.4, -0.2) is 25.0 Å². The first-order valence-electron chi connectivity index (χ1n) is 7.29. The number of aromatic nitrogens is 4. The Morgan fingerprint density at radius 2 is 2.00 bits per heavy atom. The van der Waals surface area contributed by atoms with Crippen molar-refractivity contribution in [3.05, 3.63) is 49.8 Å². The van der Waals surface area contributed by atoms with E-state index in [1.807, 2.05) is 0 Å². The number of H-pyrrole nitrogens is 1. The second-order valence-corrected chi connectivity index (χ2v) is 5.60. The maximum absolute atomic E-state index is 12.2. The molecular weight excluding hydrogens is 314 g/mol. The molecule has 0 atom stereocenters. The molecule has 0 unspecified atom stereocenters. The van der Waals surface area contributed by atoms with E-state index in [0.717, 1.165) is 4.57 Å². The molecule has 0 fully saturated rings. The van der Waals surface area contributed by atoms with E-state index in [4.69, 9.17) is 4.42 Å². The van der Waals surface area contributed by atoms with Crippen molar-refractivity contribution in [3.63, 3.8) is 0 Å². The van der Waals surface area contributed by atoms with Crippen molar-refractivity contribution >= 4 is 17.1 Å². The molecule has 3 aromatic heterocycles. The number of aromatic amines is 1. The molecule has 0 radical (unpaired) electrons. The van der Waals surface area contributed by atoms with E-state index in [0.29, 0.717) is 22.9 Å². The zero-order valence-electron chi connectivity index (χ0n) is 13.8. The molecule has 24 heavy (non-hydrogen) atoms. The van der Waals surface area contributed by atoms with Gasteiger partial charge in [0, 0.05) is 14.1 Å². The second-order valence-electron chi connectivity index (χ2n) is 5.60. The lowest BCUT2D eigenvalue weighted by Gasteiger charge is -2.01. The smallest absolute Gasteiger partial charge is 0.332 e. The number of carbonyl (C=O) groups is 1. The van der Waals surface area contributed by atoms with E-state index >= 15 is 0 Å². The summed E-state index contributed by atoms with van der Waals surface area (Å²) < 4.78 is 7.61. The maximum Gasteiger partial charge on any atom is 0.332 e. The number of aryl methyl sites for hydroxylation is 3. The molecule has 0 aliphatic carbocycles. The van der Waals surface area contributed by atoms with Crippen LogP contribution in [0.15, 0.2) is 20.1 Å². The molecule has 126 valence electrons. The predicted octanol–water partition coefficient (Wildman–Crippen LogP) is 0.100. The Kier molecular flexibility index (Phi) is 3.63. The van der Waals surface area contributed by atoms with Crippen LogP contribution in [0.1, 0.15) is 27.7 Å². The minimum absolute atomic E-state index is 0.0918. The molecule has 1 amide bonds. The fourth-order valence-corrected chi connectivity index (χ4v) is 2.57. The van der Waals surface area contributed by atoms with Gasteiger partial charge in [-0.15, -0.1) is 0 Å². The largest absolute Gasteiger partial charge is 0.466 e. The molecular formula is C15H17N5O4. The fourth-order valence-electron chi connectivity index (χ4n) is 2.57. The Morgan fingerprint density at radius 3 is 2.62 bits per heavy atom. The number of amides is 1. The first kappa shape index (κ1) is 15.8. The Morgan fingerprint density at radius 1 is 1.29 bits per heavy atom. The topological polar surface area (TPSA) is 115 Å². The summed E-state index contributed by atoms with van der Waals surface area (Å²) in [5.74, 6) is 1.27. The van der Waals surface area contributed by atoms with E-state index in [1.165, 1.54) is 18.7 Å². The molecule has 0 saturated carbocycles. The van der Waals surface area contributed by atoms with Crippen molar-refractivity contribution in [2.24, 2.45) is 14.1 Å². The van der Waals surface area contributed by atoms with Crippen LogP contribution in [-0.2, 0) is 20.6 Å². The lowest BCUT2D eigenvalue weighted by atomic mass is 10.2. The lowest BCUT2D eigenvalue weighted by molar-refractivity contribution is 0.0948. The van der Waals surface area contributed by atoms with Crippen molar-refractivity contribution in [3.8, 4) is 0 Å². The van der Waals surface area contributed by atoms with E-state index < -0.39 is 11.2 Å². The molecule has 0 bridgehead atoms. The van der Waals surface area contributed by atoms with Crippen molar-refractivity contribution in [2.45, 2.75) is 20.4 Å². The van der Waals surface area contributed by atoms with Gasteiger partial charge in [0.2, 0.25) is 0 Å². The summed E-state index contributed by atoms with van der Waals surface area (Å²) >= 11 is 0. The van der Waals surface area contributed by atoms with Crippen LogP contribution < -0.4 is 16.6 Å². The number of hydrogen-bond acceptors (Lipinski definition) is 5. The highest BCUT2D eigenvalue weighted by Crippen LogP contribution is 2.13. The molecule has 0 aliphatic rings. The molecule has 0 saturated heterocycles. The highest BCUT2D eigenvalue weighted by atomic mass is 16.3. The molecule has 3 heterocycles. The molecule has 0 spiro atoms. The summed E-state index contributed by atoms with van der Waals surface area (Å²) in [5, 5.41) is 2.71. The molecule has 3 rings (SSSR count). The third kappa shape index (κ3) is 2.43. The van der Waals surface area contributed by atoms with Crippen LogP contribution in [0, 0.1) is 13.8 Å². The van der Waals surface area contributed by atoms with Crippen LogP contribution in [0.3, 0.4) is 0 Å². The minimum Gasteiger partial charge on any atom is -0.466 e. The Balaban J connectivity index is 1.89. The highest BCUT2D eigenvalue weighted by molar-refractivity contribution is 5.95. The average molecular weight is 331 g/mol. The van der Waals surface area contributed by atoms with Gasteiger partial charge in [-0.2, -0.15) is 0 Å². The summed E-state index contributed by atoms with van der Waals surface area (Å²) in [6.45, 7) is 3.57. The van der Waals surface area contributed by atoms with E-state index in [9.17, 15) is 14.4 Å². The van der Waals surface area contributed by atoms with E-state index in [2.05, 4.69) is 15.3 Å². The third-order valence-electron chi connectivity index (χ3n) is 3.85. The van der Waals surface area contributed by atoms with Gasteiger partial charge in [0.25, 0.3) is 11.5 Å². The molecule has 2 N–H and O–H groups in total. The van der Waals surface area contributed by atoms with Crippen LogP contribution in [0.25, 0.3) is 11.2 Å². The molecule has 0 aliphatic heterocycles. The number of nitrogens with one attached hydrogen (secondary N) is 2. The maximum atomic E-state index is 12.2. The van der Waals surface area contributed by atoms with Crippen LogP contribution in [0.4, 0.5) is 0 Å². The summed E-state index contributed by atoms with van der Waals surface area (Å²) in [6.07, 6.45) is 0. The highest BCUT2D eigenvalue weighted by Gasteiger charge is 2.16. The second kappa shape index (κ2) is 5.52. The Hall–Kier alpha value is -3.10. The summed E-state index contributed by atoms with van der Waals surface area (Å²) in [4.78, 5) is 43.3. The number of carbonyl (C=O) groups excluding carboxylic acids is 1. The van der Waals surface area contributed by atoms with Gasteiger partial charge in [-0.25, -0.2) is 9.78 Å². The zero-order valence-corrected chi connectivity index (χ0v) is 13.8. The number of imidazole rings is 1. The van der Waals surface area contributed by atoms with Crippen molar-refractivity contribution < 1.29 is 9.21 Å². The third-order valence-corrected chi connectivity index (χ3v) is 3.85. The number of nitrogens with zero attached hydrogens (tertiary/aromatic N) is 3. The zero-order chi connectivity index (χ0) is 17.6. The summed E-state index contributed by atoms with van der Waals surface area (Å²) in [6, 6.07) is 1.66. The molecule has 9 nitrogen and oxygen atoms in total. The monoisotopic (exact) mass is 331 g/mol. The first-order chi connectivity index (χ1) is 11.3. The van der Waals surface area contributed by atoms with Crippen molar-refractivity contribution in [1.82, 2.24) is 24.4 Å². The van der Waals surface area contributed by atoms with Crippen LogP contribution in [0.2, 0.25) is 0 Å². The van der Waals surface area contributed by atoms with Crippen LogP contribution >= 0.6 is 0 Å². The molecule has 3 aromatic rings. The van der Waals surface area contributed by atoms with Gasteiger partial charge >= 0.3 is 5.69 Å². The van der Waals surface area contributed by atoms with Crippen molar-refractivity contribution in [2.75, 3.05) is 0 Å². The van der Waals surface area contributed by atoms with Gasteiger partial charge in [0.05, 0.1) is 12.1 Å². The summed E-state index contributed by atoms with van der Waals surface area (Å²) in [7, 11) is 2.93. The van der Waals surface area contributed by atoms with Gasteiger partial charge < -0.3 is 14.7 Å². The SMILES string of the molecule is Cc1cc(C(=O)NCc2nc3c([nH]2)c(=O)n(C)c(=O)n3C)c(C)o1. The van der Waals surface area contributed by atoms with E-state index in [1.54, 1.807) is 19.9 Å². The number of fused-ring (bicyclic) bond motifs is 1.